The zero-order valence-corrected chi connectivity index (χ0v) is 15.7. The molecule has 8 heteroatoms. The van der Waals surface area contributed by atoms with Gasteiger partial charge >= 0.3 is 21.3 Å². The number of hydrogen-bond acceptors (Lipinski definition) is 4. The normalized spacial score (nSPS) is 16.8. The van der Waals surface area contributed by atoms with E-state index in [1.165, 1.54) is 0 Å². The smallest absolute Gasteiger partial charge is 0.402 e. The molecule has 1 unspecified atom stereocenters. The second kappa shape index (κ2) is 6.63. The highest BCUT2D eigenvalue weighted by atomic mass is 32.2. The van der Waals surface area contributed by atoms with Crippen LogP contribution in [0.1, 0.15) is 61.3 Å². The van der Waals surface area contributed by atoms with Crippen LogP contribution in [0.3, 0.4) is 0 Å². The molecule has 0 rings (SSSR count). The Balaban J connectivity index is 5.43. The zero-order chi connectivity index (χ0) is 18.9. The summed E-state index contributed by atoms with van der Waals surface area (Å²) >= 11 is 0. The van der Waals surface area contributed by atoms with Crippen LogP contribution >= 0.6 is 0 Å². The molecule has 0 heterocycles. The average molecular weight is 358 g/mol. The molecular weight excluding hydrogens is 330 g/mol. The first kappa shape index (κ1) is 22.2. The standard InChI is InChI=1S/C15H28F2O5S/c1-8-13(5,6)9-14(7,12(2,3)4)11(18)22-10-15(16,17)23(19,20)21/h8-10H2,1-7H3,(H,19,20,21). The van der Waals surface area contributed by atoms with Crippen LogP contribution in [0.2, 0.25) is 0 Å². The van der Waals surface area contributed by atoms with Crippen molar-refractivity contribution in [1.29, 1.82) is 0 Å². The third kappa shape index (κ3) is 5.38. The minimum Gasteiger partial charge on any atom is -0.458 e. The molecule has 0 radical (unpaired) electrons. The first-order valence-corrected chi connectivity index (χ1v) is 8.86. The second-order valence-corrected chi connectivity index (χ2v) is 9.51. The van der Waals surface area contributed by atoms with Crippen LogP contribution in [0.15, 0.2) is 0 Å². The first-order chi connectivity index (χ1) is 9.90. The molecule has 0 aliphatic rings. The van der Waals surface area contributed by atoms with Gasteiger partial charge in [0.2, 0.25) is 0 Å². The Labute approximate surface area is 137 Å². The molecule has 0 fully saturated rings. The summed E-state index contributed by atoms with van der Waals surface area (Å²) in [5.41, 5.74) is -1.92. The van der Waals surface area contributed by atoms with E-state index in [2.05, 4.69) is 4.74 Å². The Morgan fingerprint density at radius 2 is 1.52 bits per heavy atom. The number of halogens is 2. The minimum absolute atomic E-state index is 0.230. The number of hydrogen-bond donors (Lipinski definition) is 1. The summed E-state index contributed by atoms with van der Waals surface area (Å²) < 4.78 is 60.8. The summed E-state index contributed by atoms with van der Waals surface area (Å²) in [6, 6.07) is 0. The molecule has 0 aliphatic carbocycles. The number of carbonyl (C=O) groups is 1. The van der Waals surface area contributed by atoms with E-state index in [4.69, 9.17) is 4.55 Å². The van der Waals surface area contributed by atoms with Crippen molar-refractivity contribution in [3.63, 3.8) is 0 Å². The van der Waals surface area contributed by atoms with E-state index in [1.807, 2.05) is 20.8 Å². The van der Waals surface area contributed by atoms with Crippen LogP contribution in [0.25, 0.3) is 0 Å². The summed E-state index contributed by atoms with van der Waals surface area (Å²) in [6.45, 7) is 11.2. The predicted octanol–water partition coefficient (Wildman–Crippen LogP) is 3.89. The summed E-state index contributed by atoms with van der Waals surface area (Å²) in [4.78, 5) is 12.4. The van der Waals surface area contributed by atoms with E-state index >= 15 is 0 Å². The number of carbonyl (C=O) groups excluding carboxylic acids is 1. The van der Waals surface area contributed by atoms with E-state index in [1.54, 1.807) is 27.7 Å². The first-order valence-electron chi connectivity index (χ1n) is 7.42. The van der Waals surface area contributed by atoms with Crippen LogP contribution < -0.4 is 0 Å². The van der Waals surface area contributed by atoms with Crippen molar-refractivity contribution in [2.24, 2.45) is 16.2 Å². The number of rotatable bonds is 7. The van der Waals surface area contributed by atoms with Gasteiger partial charge in [-0.25, -0.2) is 0 Å². The van der Waals surface area contributed by atoms with E-state index in [0.717, 1.165) is 6.42 Å². The van der Waals surface area contributed by atoms with Gasteiger partial charge in [-0.2, -0.15) is 17.2 Å². The molecule has 138 valence electrons. The Morgan fingerprint density at radius 1 is 1.09 bits per heavy atom. The largest absolute Gasteiger partial charge is 0.458 e. The molecule has 0 aromatic heterocycles. The lowest BCUT2D eigenvalue weighted by molar-refractivity contribution is -0.170. The van der Waals surface area contributed by atoms with Crippen LogP contribution in [0.5, 0.6) is 0 Å². The van der Waals surface area contributed by atoms with Gasteiger partial charge in [-0.3, -0.25) is 9.35 Å². The van der Waals surface area contributed by atoms with Crippen molar-refractivity contribution in [1.82, 2.24) is 0 Å². The Bertz CT molecular complexity index is 535. The maximum Gasteiger partial charge on any atom is 0.402 e. The van der Waals surface area contributed by atoms with Gasteiger partial charge in [-0.1, -0.05) is 48.0 Å². The topological polar surface area (TPSA) is 80.7 Å². The quantitative estimate of drug-likeness (QED) is 0.551. The van der Waals surface area contributed by atoms with E-state index in [0.29, 0.717) is 6.42 Å². The molecule has 0 saturated heterocycles. The molecule has 0 saturated carbocycles. The van der Waals surface area contributed by atoms with Crippen LogP contribution in [-0.4, -0.2) is 30.8 Å². The van der Waals surface area contributed by atoms with Gasteiger partial charge < -0.3 is 4.74 Å². The number of esters is 1. The van der Waals surface area contributed by atoms with Crippen molar-refractivity contribution in [2.75, 3.05) is 6.61 Å². The van der Waals surface area contributed by atoms with Crippen molar-refractivity contribution in [3.8, 4) is 0 Å². The third-order valence-electron chi connectivity index (χ3n) is 4.64. The van der Waals surface area contributed by atoms with Gasteiger partial charge in [0, 0.05) is 0 Å². The summed E-state index contributed by atoms with van der Waals surface area (Å²) in [6.07, 6.45) is 1.16. The molecule has 0 amide bonds. The van der Waals surface area contributed by atoms with Crippen LogP contribution in [0, 0.1) is 16.2 Å². The van der Waals surface area contributed by atoms with E-state index in [-0.39, 0.29) is 5.41 Å². The molecule has 0 bridgehead atoms. The molecule has 0 aromatic rings. The van der Waals surface area contributed by atoms with Gasteiger partial charge in [-0.15, -0.1) is 0 Å². The maximum atomic E-state index is 13.3. The molecule has 5 nitrogen and oxygen atoms in total. The SMILES string of the molecule is CCC(C)(C)CC(C)(C(=O)OCC(F)(F)S(=O)(=O)O)C(C)(C)C. The molecule has 1 N–H and O–H groups in total. The minimum atomic E-state index is -5.63. The lowest BCUT2D eigenvalue weighted by Gasteiger charge is -2.44. The van der Waals surface area contributed by atoms with Crippen molar-refractivity contribution < 1.29 is 31.3 Å². The average Bonchev–Trinajstić information content (AvgIpc) is 2.32. The number of ether oxygens (including phenoxy) is 1. The molecule has 1 atom stereocenters. The lowest BCUT2D eigenvalue weighted by Crippen LogP contribution is -2.46. The molecular formula is C15H28F2O5S. The van der Waals surface area contributed by atoms with Crippen LogP contribution in [0.4, 0.5) is 8.78 Å². The fourth-order valence-electron chi connectivity index (χ4n) is 2.11. The second-order valence-electron chi connectivity index (χ2n) is 7.97. The fourth-order valence-corrected chi connectivity index (χ4v) is 2.32. The fraction of sp³-hybridized carbons (Fsp3) is 0.933. The molecule has 0 aromatic carbocycles. The van der Waals surface area contributed by atoms with Crippen molar-refractivity contribution in [2.45, 2.75) is 66.6 Å². The monoisotopic (exact) mass is 358 g/mol. The summed E-state index contributed by atoms with van der Waals surface area (Å²) in [5.74, 6) is -0.908. The zero-order valence-electron chi connectivity index (χ0n) is 14.9. The van der Waals surface area contributed by atoms with Gasteiger partial charge in [0.25, 0.3) is 0 Å². The Kier molecular flexibility index (Phi) is 6.41. The predicted molar refractivity (Wildman–Crippen MR) is 83.7 cm³/mol. The van der Waals surface area contributed by atoms with E-state index in [9.17, 15) is 22.0 Å². The van der Waals surface area contributed by atoms with Gasteiger partial charge in [0.05, 0.1) is 5.41 Å². The van der Waals surface area contributed by atoms with Gasteiger partial charge in [-0.05, 0) is 24.2 Å². The molecule has 0 spiro atoms. The van der Waals surface area contributed by atoms with Gasteiger partial charge in [0.15, 0.2) is 6.61 Å². The Morgan fingerprint density at radius 3 is 1.83 bits per heavy atom. The molecule has 0 aliphatic heterocycles. The van der Waals surface area contributed by atoms with Crippen molar-refractivity contribution >= 4 is 16.1 Å². The summed E-state index contributed by atoms with van der Waals surface area (Å²) in [7, 11) is -5.63. The van der Waals surface area contributed by atoms with Crippen LogP contribution in [-0.2, 0) is 19.6 Å². The highest BCUT2D eigenvalue weighted by Gasteiger charge is 2.51. The lowest BCUT2D eigenvalue weighted by atomic mass is 9.60. The Hall–Kier alpha value is -0.760. The summed E-state index contributed by atoms with van der Waals surface area (Å²) in [5, 5.41) is -4.53. The third-order valence-corrected chi connectivity index (χ3v) is 5.52. The maximum absolute atomic E-state index is 13.3. The molecule has 23 heavy (non-hydrogen) atoms. The number of alkyl halides is 2. The van der Waals surface area contributed by atoms with Gasteiger partial charge in [0.1, 0.15) is 0 Å². The highest BCUT2D eigenvalue weighted by molar-refractivity contribution is 7.86. The van der Waals surface area contributed by atoms with E-state index < -0.39 is 38.8 Å². The van der Waals surface area contributed by atoms with Crippen molar-refractivity contribution in [3.05, 3.63) is 0 Å². The highest BCUT2D eigenvalue weighted by Crippen LogP contribution is 2.48.